The zero-order valence-electron chi connectivity index (χ0n) is 15.6. The third-order valence-electron chi connectivity index (χ3n) is 4.36. The van der Waals surface area contributed by atoms with E-state index in [1.807, 2.05) is 17.8 Å². The fourth-order valence-corrected chi connectivity index (χ4v) is 4.05. The molecule has 27 heavy (non-hydrogen) atoms. The van der Waals surface area contributed by atoms with Crippen molar-refractivity contribution in [3.05, 3.63) is 95.6 Å². The van der Waals surface area contributed by atoms with E-state index in [2.05, 4.69) is 97.3 Å². The van der Waals surface area contributed by atoms with Crippen LogP contribution in [0.4, 0.5) is 5.69 Å². The normalized spacial score (nSPS) is 11.6. The number of nitrogens with one attached hydrogen (secondary N) is 2. The molecule has 0 amide bonds. The van der Waals surface area contributed by atoms with Gasteiger partial charge >= 0.3 is 0 Å². The first-order chi connectivity index (χ1) is 13.1. The highest BCUT2D eigenvalue weighted by Crippen LogP contribution is 2.23. The lowest BCUT2D eigenvalue weighted by Crippen LogP contribution is -2.31. The van der Waals surface area contributed by atoms with Crippen LogP contribution in [0.1, 0.15) is 29.7 Å². The van der Waals surface area contributed by atoms with E-state index >= 15 is 0 Å². The van der Waals surface area contributed by atoms with Crippen LogP contribution in [0.15, 0.2) is 83.8 Å². The van der Waals surface area contributed by atoms with Crippen molar-refractivity contribution in [3.63, 3.8) is 0 Å². The molecule has 138 valence electrons. The lowest BCUT2D eigenvalue weighted by atomic mass is 10.0. The van der Waals surface area contributed by atoms with Crippen molar-refractivity contribution in [2.24, 2.45) is 0 Å². The zero-order chi connectivity index (χ0) is 19.1. The van der Waals surface area contributed by atoms with Gasteiger partial charge in [-0.3, -0.25) is 0 Å². The highest BCUT2D eigenvalue weighted by atomic mass is 32.2. The van der Waals surface area contributed by atoms with Gasteiger partial charge in [0.25, 0.3) is 0 Å². The number of hydrogen-bond acceptors (Lipinski definition) is 2. The fraction of sp³-hybridized carbons (Fsp3) is 0.174. The Kier molecular flexibility index (Phi) is 6.91. The highest BCUT2D eigenvalue weighted by molar-refractivity contribution is 7.98. The molecule has 0 spiro atoms. The zero-order valence-corrected chi connectivity index (χ0v) is 17.2. The van der Waals surface area contributed by atoms with Crippen molar-refractivity contribution in [1.29, 1.82) is 0 Å². The molecule has 0 radical (unpaired) electrons. The van der Waals surface area contributed by atoms with Gasteiger partial charge in [-0.15, -0.1) is 11.8 Å². The summed E-state index contributed by atoms with van der Waals surface area (Å²) in [6.45, 7) is 4.25. The number of benzene rings is 3. The highest BCUT2D eigenvalue weighted by Gasteiger charge is 2.09. The molecule has 0 saturated carbocycles. The fourth-order valence-electron chi connectivity index (χ4n) is 2.88. The molecular weight excluding hydrogens is 368 g/mol. The van der Waals surface area contributed by atoms with Gasteiger partial charge in [-0.1, -0.05) is 54.6 Å². The van der Waals surface area contributed by atoms with Gasteiger partial charge in [0, 0.05) is 16.3 Å². The van der Waals surface area contributed by atoms with Crippen LogP contribution in [0.2, 0.25) is 0 Å². The molecule has 4 heteroatoms. The molecule has 0 aliphatic heterocycles. The van der Waals surface area contributed by atoms with Gasteiger partial charge in [-0.25, -0.2) is 0 Å². The Morgan fingerprint density at radius 2 is 1.59 bits per heavy atom. The van der Waals surface area contributed by atoms with E-state index in [9.17, 15) is 0 Å². The smallest absolute Gasteiger partial charge is 0.171 e. The maximum atomic E-state index is 5.48. The number of rotatable bonds is 6. The molecule has 0 aliphatic rings. The van der Waals surface area contributed by atoms with Crippen LogP contribution < -0.4 is 10.6 Å². The van der Waals surface area contributed by atoms with Gasteiger partial charge in [0.05, 0.1) is 6.04 Å². The summed E-state index contributed by atoms with van der Waals surface area (Å²) < 4.78 is 0. The Labute approximate surface area is 171 Å². The lowest BCUT2D eigenvalue weighted by Gasteiger charge is -2.19. The summed E-state index contributed by atoms with van der Waals surface area (Å²) in [6, 6.07) is 27.4. The van der Waals surface area contributed by atoms with Crippen LogP contribution in [-0.4, -0.2) is 5.11 Å². The van der Waals surface area contributed by atoms with Crippen LogP contribution in [0.3, 0.4) is 0 Å². The van der Waals surface area contributed by atoms with E-state index in [-0.39, 0.29) is 6.04 Å². The minimum Gasteiger partial charge on any atom is -0.356 e. The molecule has 0 aliphatic carbocycles. The second kappa shape index (κ2) is 9.58. The Balaban J connectivity index is 1.51. The Morgan fingerprint density at radius 3 is 2.30 bits per heavy atom. The Bertz CT molecular complexity index is 876. The summed E-state index contributed by atoms with van der Waals surface area (Å²) >= 11 is 7.32. The third kappa shape index (κ3) is 5.84. The molecule has 0 aromatic heterocycles. The number of hydrogen-bond donors (Lipinski definition) is 2. The average molecular weight is 393 g/mol. The van der Waals surface area contributed by atoms with Gasteiger partial charge in [0.1, 0.15) is 0 Å². The van der Waals surface area contributed by atoms with Crippen molar-refractivity contribution in [1.82, 2.24) is 5.32 Å². The van der Waals surface area contributed by atoms with E-state index in [0.29, 0.717) is 5.11 Å². The van der Waals surface area contributed by atoms with E-state index in [0.717, 1.165) is 11.4 Å². The largest absolute Gasteiger partial charge is 0.356 e. The average Bonchev–Trinajstić information content (AvgIpc) is 2.68. The summed E-state index contributed by atoms with van der Waals surface area (Å²) in [5, 5.41) is 7.28. The number of thiocarbonyl (C=S) groups is 1. The summed E-state index contributed by atoms with van der Waals surface area (Å²) in [5.41, 5.74) is 4.81. The van der Waals surface area contributed by atoms with Crippen LogP contribution in [0.5, 0.6) is 0 Å². The summed E-state index contributed by atoms with van der Waals surface area (Å²) in [4.78, 5) is 1.29. The Morgan fingerprint density at radius 1 is 0.926 bits per heavy atom. The summed E-state index contributed by atoms with van der Waals surface area (Å²) in [5.74, 6) is 0.956. The van der Waals surface area contributed by atoms with Crippen LogP contribution in [0.25, 0.3) is 0 Å². The van der Waals surface area contributed by atoms with Crippen molar-refractivity contribution in [2.75, 3.05) is 5.32 Å². The predicted molar refractivity (Wildman–Crippen MR) is 121 cm³/mol. The second-order valence-electron chi connectivity index (χ2n) is 6.48. The maximum Gasteiger partial charge on any atom is 0.171 e. The minimum atomic E-state index is 0.160. The molecule has 3 aromatic carbocycles. The number of aryl methyl sites for hydroxylation is 1. The lowest BCUT2D eigenvalue weighted by molar-refractivity contribution is 0.717. The molecule has 2 N–H and O–H groups in total. The van der Waals surface area contributed by atoms with Crippen molar-refractivity contribution in [3.8, 4) is 0 Å². The number of anilines is 1. The van der Waals surface area contributed by atoms with Gasteiger partial charge in [-0.05, 0) is 67.0 Å². The van der Waals surface area contributed by atoms with Crippen LogP contribution in [0, 0.1) is 6.92 Å². The predicted octanol–water partition coefficient (Wildman–Crippen LogP) is 6.33. The summed E-state index contributed by atoms with van der Waals surface area (Å²) in [7, 11) is 0. The van der Waals surface area contributed by atoms with E-state index in [1.165, 1.54) is 21.6 Å². The molecule has 0 saturated heterocycles. The second-order valence-corrected chi connectivity index (χ2v) is 7.93. The van der Waals surface area contributed by atoms with Crippen molar-refractivity contribution < 1.29 is 0 Å². The molecule has 0 bridgehead atoms. The van der Waals surface area contributed by atoms with Crippen LogP contribution in [-0.2, 0) is 5.75 Å². The molecule has 0 fully saturated rings. The Hall–Kier alpha value is -2.30. The molecule has 1 atom stereocenters. The molecule has 3 rings (SSSR count). The van der Waals surface area contributed by atoms with Gasteiger partial charge in [0.15, 0.2) is 5.11 Å². The first-order valence-corrected chi connectivity index (χ1v) is 10.4. The van der Waals surface area contributed by atoms with E-state index in [4.69, 9.17) is 12.2 Å². The standard InChI is InChI=1S/C23H24N2S2/c1-17-8-6-7-11-22(17)18(2)24-23(26)25-20-14-12-19(13-15-20)16-27-21-9-4-3-5-10-21/h3-15,18H,16H2,1-2H3,(H2,24,25,26)/t18-/m0/s1. The topological polar surface area (TPSA) is 24.1 Å². The molecular formula is C23H24N2S2. The van der Waals surface area contributed by atoms with Gasteiger partial charge < -0.3 is 10.6 Å². The van der Waals surface area contributed by atoms with Crippen molar-refractivity contribution in [2.45, 2.75) is 30.5 Å². The molecule has 0 unspecified atom stereocenters. The first kappa shape index (κ1) is 19.5. The SMILES string of the molecule is Cc1ccccc1[C@H](C)NC(=S)Nc1ccc(CSc2ccccc2)cc1. The first-order valence-electron chi connectivity index (χ1n) is 9.01. The third-order valence-corrected chi connectivity index (χ3v) is 5.67. The quantitative estimate of drug-likeness (QED) is 0.378. The van der Waals surface area contributed by atoms with Gasteiger partial charge in [0.2, 0.25) is 0 Å². The van der Waals surface area contributed by atoms with E-state index in [1.54, 1.807) is 0 Å². The minimum absolute atomic E-state index is 0.160. The monoisotopic (exact) mass is 392 g/mol. The maximum absolute atomic E-state index is 5.48. The van der Waals surface area contributed by atoms with Crippen LogP contribution >= 0.6 is 24.0 Å². The van der Waals surface area contributed by atoms with Crippen molar-refractivity contribution >= 4 is 34.8 Å². The van der Waals surface area contributed by atoms with E-state index < -0.39 is 0 Å². The summed E-state index contributed by atoms with van der Waals surface area (Å²) in [6.07, 6.45) is 0. The molecule has 2 nitrogen and oxygen atoms in total. The molecule has 3 aromatic rings. The number of thioether (sulfide) groups is 1. The van der Waals surface area contributed by atoms with Gasteiger partial charge in [-0.2, -0.15) is 0 Å². The molecule has 0 heterocycles.